The maximum atomic E-state index is 12.3. The summed E-state index contributed by atoms with van der Waals surface area (Å²) in [4.78, 5) is 22.9. The normalized spacial score (nSPS) is 11.2. The number of ether oxygens (including phenoxy) is 1. The first-order valence-electron chi connectivity index (χ1n) is 7.28. The minimum Gasteiger partial charge on any atom is -0.493 e. The molecule has 4 nitrogen and oxygen atoms in total. The lowest BCUT2D eigenvalue weighted by Gasteiger charge is -2.21. The fraction of sp³-hybridized carbons (Fsp3) is 0.529. The van der Waals surface area contributed by atoms with Gasteiger partial charge in [0.1, 0.15) is 5.75 Å². The second kappa shape index (κ2) is 7.25. The molecule has 116 valence electrons. The summed E-state index contributed by atoms with van der Waals surface area (Å²) in [6, 6.07) is 5.60. The van der Waals surface area contributed by atoms with Crippen molar-refractivity contribution in [3.05, 3.63) is 29.3 Å². The van der Waals surface area contributed by atoms with E-state index in [0.717, 1.165) is 12.0 Å². The predicted octanol–water partition coefficient (Wildman–Crippen LogP) is 3.82. The maximum absolute atomic E-state index is 12.3. The molecule has 1 rings (SSSR count). The molecule has 1 aromatic rings. The number of ketones is 1. The maximum Gasteiger partial charge on any atom is 0.303 e. The van der Waals surface area contributed by atoms with E-state index in [0.29, 0.717) is 17.9 Å². The molecule has 0 aliphatic rings. The van der Waals surface area contributed by atoms with Crippen molar-refractivity contribution in [2.75, 3.05) is 6.61 Å². The average molecular weight is 292 g/mol. The first-order chi connectivity index (χ1) is 9.75. The second-order valence-corrected chi connectivity index (χ2v) is 6.13. The molecular weight excluding hydrogens is 268 g/mol. The minimum absolute atomic E-state index is 0.00852. The number of carbonyl (C=O) groups excluding carboxylic acids is 1. The Morgan fingerprint density at radius 2 is 1.86 bits per heavy atom. The Kier molecular flexibility index (Phi) is 5.94. The summed E-state index contributed by atoms with van der Waals surface area (Å²) < 4.78 is 5.61. The van der Waals surface area contributed by atoms with Crippen molar-refractivity contribution in [3.8, 4) is 5.75 Å². The van der Waals surface area contributed by atoms with Gasteiger partial charge in [-0.05, 0) is 29.5 Å². The molecule has 0 amide bonds. The summed E-state index contributed by atoms with van der Waals surface area (Å²) >= 11 is 0. The number of benzene rings is 1. The van der Waals surface area contributed by atoms with E-state index in [-0.39, 0.29) is 24.0 Å². The van der Waals surface area contributed by atoms with Gasteiger partial charge in [0.15, 0.2) is 5.78 Å². The Morgan fingerprint density at radius 3 is 2.38 bits per heavy atom. The Morgan fingerprint density at radius 1 is 1.19 bits per heavy atom. The number of Topliss-reactive ketones (excluding diaryl/α,β-unsaturated/α-hetero) is 1. The quantitative estimate of drug-likeness (QED) is 0.776. The molecule has 0 atom stereocenters. The zero-order valence-electron chi connectivity index (χ0n) is 13.2. The number of carboxylic acids is 1. The van der Waals surface area contributed by atoms with Gasteiger partial charge in [-0.3, -0.25) is 9.59 Å². The zero-order valence-corrected chi connectivity index (χ0v) is 13.2. The highest BCUT2D eigenvalue weighted by atomic mass is 16.5. The lowest BCUT2D eigenvalue weighted by Crippen LogP contribution is -2.14. The second-order valence-electron chi connectivity index (χ2n) is 6.13. The summed E-state index contributed by atoms with van der Waals surface area (Å²) in [6.07, 6.45) is 0.682. The van der Waals surface area contributed by atoms with E-state index in [1.54, 1.807) is 0 Å². The van der Waals surface area contributed by atoms with Crippen LogP contribution in [0.25, 0.3) is 0 Å². The molecule has 0 saturated heterocycles. The fourth-order valence-corrected chi connectivity index (χ4v) is 1.91. The molecule has 0 aliphatic heterocycles. The SMILES string of the molecule is CCCOc1ccc(C(C)(C)C)cc1C(=O)CCC(=O)O. The number of rotatable bonds is 7. The smallest absolute Gasteiger partial charge is 0.303 e. The molecule has 0 heterocycles. The van der Waals surface area contributed by atoms with Gasteiger partial charge in [0.05, 0.1) is 18.6 Å². The van der Waals surface area contributed by atoms with Gasteiger partial charge in [0.25, 0.3) is 0 Å². The molecular formula is C17H24O4. The standard InChI is InChI=1S/C17H24O4/c1-5-10-21-15-8-6-12(17(2,3)4)11-13(15)14(18)7-9-16(19)20/h6,8,11H,5,7,9-10H2,1-4H3,(H,19,20). The number of carboxylic acid groups (broad SMARTS) is 1. The van der Waals surface area contributed by atoms with Crippen LogP contribution in [0, 0.1) is 0 Å². The lowest BCUT2D eigenvalue weighted by atomic mass is 9.85. The fourth-order valence-electron chi connectivity index (χ4n) is 1.91. The van der Waals surface area contributed by atoms with Crippen molar-refractivity contribution < 1.29 is 19.4 Å². The Labute approximate surface area is 126 Å². The van der Waals surface area contributed by atoms with Crippen LogP contribution in [0.15, 0.2) is 18.2 Å². The van der Waals surface area contributed by atoms with Crippen LogP contribution in [0.4, 0.5) is 0 Å². The van der Waals surface area contributed by atoms with E-state index in [9.17, 15) is 9.59 Å². The Bertz CT molecular complexity index is 512. The molecule has 0 radical (unpaired) electrons. The first kappa shape index (κ1) is 17.2. The van der Waals surface area contributed by atoms with Crippen LogP contribution < -0.4 is 4.74 Å². The van der Waals surface area contributed by atoms with E-state index in [1.165, 1.54) is 0 Å². The van der Waals surface area contributed by atoms with Crippen molar-refractivity contribution >= 4 is 11.8 Å². The summed E-state index contributed by atoms with van der Waals surface area (Å²) in [5.74, 6) is -0.610. The molecule has 0 saturated carbocycles. The predicted molar refractivity (Wildman–Crippen MR) is 82.1 cm³/mol. The molecule has 0 unspecified atom stereocenters. The van der Waals surface area contributed by atoms with Crippen molar-refractivity contribution in [1.82, 2.24) is 0 Å². The monoisotopic (exact) mass is 292 g/mol. The third-order valence-electron chi connectivity index (χ3n) is 3.17. The van der Waals surface area contributed by atoms with Crippen LogP contribution in [-0.4, -0.2) is 23.5 Å². The zero-order chi connectivity index (χ0) is 16.0. The molecule has 1 aromatic carbocycles. The molecule has 0 fully saturated rings. The highest BCUT2D eigenvalue weighted by Crippen LogP contribution is 2.29. The Hall–Kier alpha value is -1.84. The van der Waals surface area contributed by atoms with E-state index < -0.39 is 5.97 Å². The largest absolute Gasteiger partial charge is 0.493 e. The van der Waals surface area contributed by atoms with E-state index >= 15 is 0 Å². The summed E-state index contributed by atoms with van der Waals surface area (Å²) in [6.45, 7) is 8.74. The molecule has 1 N–H and O–H groups in total. The van der Waals surface area contributed by atoms with Crippen molar-refractivity contribution in [3.63, 3.8) is 0 Å². The topological polar surface area (TPSA) is 63.6 Å². The summed E-state index contributed by atoms with van der Waals surface area (Å²) in [5, 5.41) is 8.72. The van der Waals surface area contributed by atoms with Gasteiger partial charge in [-0.25, -0.2) is 0 Å². The molecule has 0 spiro atoms. The van der Waals surface area contributed by atoms with Gasteiger partial charge in [-0.2, -0.15) is 0 Å². The van der Waals surface area contributed by atoms with Gasteiger partial charge in [-0.1, -0.05) is 33.8 Å². The van der Waals surface area contributed by atoms with Crippen LogP contribution in [0.2, 0.25) is 0 Å². The van der Waals surface area contributed by atoms with Crippen molar-refractivity contribution in [2.45, 2.75) is 52.4 Å². The van der Waals surface area contributed by atoms with Crippen LogP contribution in [0.3, 0.4) is 0 Å². The lowest BCUT2D eigenvalue weighted by molar-refractivity contribution is -0.136. The number of carbonyl (C=O) groups is 2. The number of aliphatic carboxylic acids is 1. The minimum atomic E-state index is -0.966. The summed E-state index contributed by atoms with van der Waals surface area (Å²) in [7, 11) is 0. The Balaban J connectivity index is 3.09. The van der Waals surface area contributed by atoms with Gasteiger partial charge in [-0.15, -0.1) is 0 Å². The van der Waals surface area contributed by atoms with Crippen molar-refractivity contribution in [1.29, 1.82) is 0 Å². The van der Waals surface area contributed by atoms with E-state index in [1.807, 2.05) is 25.1 Å². The number of hydrogen-bond donors (Lipinski definition) is 1. The average Bonchev–Trinajstić information content (AvgIpc) is 2.41. The van der Waals surface area contributed by atoms with Gasteiger partial charge in [0.2, 0.25) is 0 Å². The first-order valence-corrected chi connectivity index (χ1v) is 7.28. The molecule has 0 bridgehead atoms. The highest BCUT2D eigenvalue weighted by Gasteiger charge is 2.20. The van der Waals surface area contributed by atoms with Crippen LogP contribution in [-0.2, 0) is 10.2 Å². The van der Waals surface area contributed by atoms with Crippen LogP contribution in [0.5, 0.6) is 5.75 Å². The van der Waals surface area contributed by atoms with Gasteiger partial charge >= 0.3 is 5.97 Å². The van der Waals surface area contributed by atoms with E-state index in [2.05, 4.69) is 20.8 Å². The number of hydrogen-bond acceptors (Lipinski definition) is 3. The molecule has 4 heteroatoms. The van der Waals surface area contributed by atoms with Gasteiger partial charge in [0, 0.05) is 6.42 Å². The van der Waals surface area contributed by atoms with Gasteiger partial charge < -0.3 is 9.84 Å². The molecule has 0 aliphatic carbocycles. The molecule has 0 aromatic heterocycles. The van der Waals surface area contributed by atoms with Crippen LogP contribution >= 0.6 is 0 Å². The highest BCUT2D eigenvalue weighted by molar-refractivity contribution is 6.00. The molecule has 21 heavy (non-hydrogen) atoms. The third-order valence-corrected chi connectivity index (χ3v) is 3.17. The summed E-state index contributed by atoms with van der Waals surface area (Å²) in [5.41, 5.74) is 1.44. The third kappa shape index (κ3) is 5.21. The van der Waals surface area contributed by atoms with E-state index in [4.69, 9.17) is 9.84 Å². The van der Waals surface area contributed by atoms with Crippen molar-refractivity contribution in [2.24, 2.45) is 0 Å². The van der Waals surface area contributed by atoms with Crippen LogP contribution in [0.1, 0.15) is 62.9 Å².